The van der Waals surface area contributed by atoms with E-state index in [2.05, 4.69) is 15.2 Å². The summed E-state index contributed by atoms with van der Waals surface area (Å²) in [6.45, 7) is 0.722. The van der Waals surface area contributed by atoms with Crippen LogP contribution in [0.15, 0.2) is 60.8 Å². The fraction of sp³-hybridized carbons (Fsp3) is 0.227. The van der Waals surface area contributed by atoms with Gasteiger partial charge in [-0.25, -0.2) is 0 Å². The molecule has 0 aliphatic carbocycles. The molecule has 0 saturated heterocycles. The van der Waals surface area contributed by atoms with E-state index < -0.39 is 0 Å². The summed E-state index contributed by atoms with van der Waals surface area (Å²) in [6, 6.07) is 17.3. The summed E-state index contributed by atoms with van der Waals surface area (Å²) in [5.74, 6) is 0.00119. The Bertz CT molecular complexity index is 983. The summed E-state index contributed by atoms with van der Waals surface area (Å²) in [6.07, 6.45) is 1.82. The van der Waals surface area contributed by atoms with Crippen molar-refractivity contribution in [2.75, 3.05) is 20.8 Å². The van der Waals surface area contributed by atoms with Gasteiger partial charge < -0.3 is 14.8 Å². The van der Waals surface area contributed by atoms with Crippen LogP contribution in [0.25, 0.3) is 11.3 Å². The standard InChI is InChI=1S/C22H23N3O4/c1-28-18-10-6-9-17(13-18)21-19(22(27)23-12-11-20(26)29-2)15-25(24-21)14-16-7-4-3-5-8-16/h3-10,13,15H,11-12,14H2,1-2H3,(H,23,27). The number of hydrogen-bond acceptors (Lipinski definition) is 5. The van der Waals surface area contributed by atoms with E-state index in [-0.39, 0.29) is 24.8 Å². The summed E-state index contributed by atoms with van der Waals surface area (Å²) in [4.78, 5) is 24.1. The first kappa shape index (κ1) is 20.1. The summed E-state index contributed by atoms with van der Waals surface area (Å²) in [5.41, 5.74) is 2.83. The largest absolute Gasteiger partial charge is 0.497 e. The van der Waals surface area contributed by atoms with Gasteiger partial charge in [-0.05, 0) is 17.7 Å². The van der Waals surface area contributed by atoms with Crippen LogP contribution in [0, 0.1) is 0 Å². The van der Waals surface area contributed by atoms with E-state index >= 15 is 0 Å². The van der Waals surface area contributed by atoms with Crippen molar-refractivity contribution in [3.63, 3.8) is 0 Å². The number of benzene rings is 2. The van der Waals surface area contributed by atoms with Gasteiger partial charge in [0, 0.05) is 18.3 Å². The molecule has 0 unspecified atom stereocenters. The third-order valence-electron chi connectivity index (χ3n) is 4.38. The van der Waals surface area contributed by atoms with Crippen molar-refractivity contribution in [2.45, 2.75) is 13.0 Å². The molecule has 0 bridgehead atoms. The van der Waals surface area contributed by atoms with E-state index in [1.165, 1.54) is 7.11 Å². The lowest BCUT2D eigenvalue weighted by Gasteiger charge is -2.06. The summed E-state index contributed by atoms with van der Waals surface area (Å²) in [5, 5.41) is 7.40. The molecule has 0 atom stereocenters. The Morgan fingerprint density at radius 2 is 1.86 bits per heavy atom. The van der Waals surface area contributed by atoms with Gasteiger partial charge in [0.1, 0.15) is 11.4 Å². The molecule has 0 spiro atoms. The second kappa shape index (κ2) is 9.54. The molecule has 3 aromatic rings. The number of nitrogens with one attached hydrogen (secondary N) is 1. The van der Waals surface area contributed by atoms with Crippen molar-refractivity contribution in [3.05, 3.63) is 71.9 Å². The summed E-state index contributed by atoms with van der Waals surface area (Å²) in [7, 11) is 2.91. The quantitative estimate of drug-likeness (QED) is 0.595. The van der Waals surface area contributed by atoms with Gasteiger partial charge in [0.25, 0.3) is 5.91 Å². The highest BCUT2D eigenvalue weighted by atomic mass is 16.5. The minimum absolute atomic E-state index is 0.106. The zero-order chi connectivity index (χ0) is 20.6. The molecule has 1 heterocycles. The van der Waals surface area contributed by atoms with Crippen molar-refractivity contribution >= 4 is 11.9 Å². The second-order valence-electron chi connectivity index (χ2n) is 6.39. The number of hydrogen-bond donors (Lipinski definition) is 1. The molecule has 1 amide bonds. The molecule has 29 heavy (non-hydrogen) atoms. The molecule has 0 aliphatic rings. The Hall–Kier alpha value is -3.61. The molecule has 0 aliphatic heterocycles. The van der Waals surface area contributed by atoms with E-state index in [1.807, 2.05) is 54.6 Å². The first-order valence-electron chi connectivity index (χ1n) is 9.21. The normalized spacial score (nSPS) is 10.4. The Labute approximate surface area is 169 Å². The summed E-state index contributed by atoms with van der Waals surface area (Å²) < 4.78 is 11.6. The fourth-order valence-corrected chi connectivity index (χ4v) is 2.90. The van der Waals surface area contributed by atoms with Crippen LogP contribution >= 0.6 is 0 Å². The van der Waals surface area contributed by atoms with E-state index in [1.54, 1.807) is 18.0 Å². The van der Waals surface area contributed by atoms with Gasteiger partial charge in [-0.2, -0.15) is 5.10 Å². The molecule has 0 saturated carbocycles. The van der Waals surface area contributed by atoms with E-state index in [9.17, 15) is 9.59 Å². The molecule has 7 nitrogen and oxygen atoms in total. The lowest BCUT2D eigenvalue weighted by molar-refractivity contribution is -0.140. The maximum atomic E-state index is 12.8. The second-order valence-corrected chi connectivity index (χ2v) is 6.39. The monoisotopic (exact) mass is 393 g/mol. The van der Waals surface area contributed by atoms with E-state index in [0.717, 1.165) is 11.1 Å². The molecule has 7 heteroatoms. The zero-order valence-corrected chi connectivity index (χ0v) is 16.4. The summed E-state index contributed by atoms with van der Waals surface area (Å²) >= 11 is 0. The van der Waals surface area contributed by atoms with Gasteiger partial charge in [0.2, 0.25) is 0 Å². The van der Waals surface area contributed by atoms with Crippen molar-refractivity contribution in [1.82, 2.24) is 15.1 Å². The minimum atomic E-state index is -0.377. The van der Waals surface area contributed by atoms with Crippen LogP contribution in [0.4, 0.5) is 0 Å². The predicted molar refractivity (Wildman–Crippen MR) is 109 cm³/mol. The minimum Gasteiger partial charge on any atom is -0.497 e. The number of nitrogens with zero attached hydrogens (tertiary/aromatic N) is 2. The Kier molecular flexibility index (Phi) is 6.63. The Balaban J connectivity index is 1.89. The third-order valence-corrected chi connectivity index (χ3v) is 4.38. The number of rotatable bonds is 8. The number of aromatic nitrogens is 2. The number of amides is 1. The number of ether oxygens (including phenoxy) is 2. The predicted octanol–water partition coefficient (Wildman–Crippen LogP) is 2.90. The molecule has 0 fully saturated rings. The number of carbonyl (C=O) groups is 2. The maximum Gasteiger partial charge on any atom is 0.307 e. The van der Waals surface area contributed by atoms with E-state index in [0.29, 0.717) is 23.6 Å². The third kappa shape index (κ3) is 5.22. The molecule has 0 radical (unpaired) electrons. The van der Waals surface area contributed by atoms with Crippen LogP contribution in [0.2, 0.25) is 0 Å². The Morgan fingerprint density at radius 1 is 1.07 bits per heavy atom. The van der Waals surface area contributed by atoms with Gasteiger partial charge in [0.15, 0.2) is 0 Å². The van der Waals surface area contributed by atoms with Crippen molar-refractivity contribution in [3.8, 4) is 17.0 Å². The highest BCUT2D eigenvalue weighted by Gasteiger charge is 2.19. The molecule has 1 N–H and O–H groups in total. The lowest BCUT2D eigenvalue weighted by atomic mass is 10.1. The molecule has 2 aromatic carbocycles. The van der Waals surface area contributed by atoms with Gasteiger partial charge in [-0.1, -0.05) is 42.5 Å². The van der Waals surface area contributed by atoms with Crippen LogP contribution in [-0.2, 0) is 16.1 Å². The first-order valence-corrected chi connectivity index (χ1v) is 9.21. The SMILES string of the molecule is COC(=O)CCNC(=O)c1cn(Cc2ccccc2)nc1-c1cccc(OC)c1. The molecule has 1 aromatic heterocycles. The zero-order valence-electron chi connectivity index (χ0n) is 16.4. The van der Waals surface area contributed by atoms with Crippen LogP contribution < -0.4 is 10.1 Å². The molecular formula is C22H23N3O4. The molecular weight excluding hydrogens is 370 g/mol. The number of methoxy groups -OCH3 is 2. The highest BCUT2D eigenvalue weighted by Crippen LogP contribution is 2.26. The lowest BCUT2D eigenvalue weighted by Crippen LogP contribution is -2.26. The number of carbonyl (C=O) groups excluding carboxylic acids is 2. The average Bonchev–Trinajstić information content (AvgIpc) is 3.18. The van der Waals surface area contributed by atoms with Gasteiger partial charge in [-0.15, -0.1) is 0 Å². The number of esters is 1. The average molecular weight is 393 g/mol. The van der Waals surface area contributed by atoms with Crippen molar-refractivity contribution < 1.29 is 19.1 Å². The molecule has 150 valence electrons. The molecule has 3 rings (SSSR count). The first-order chi connectivity index (χ1) is 14.1. The maximum absolute atomic E-state index is 12.8. The Morgan fingerprint density at radius 3 is 2.59 bits per heavy atom. The fourth-order valence-electron chi connectivity index (χ4n) is 2.90. The van der Waals surface area contributed by atoms with Crippen molar-refractivity contribution in [1.29, 1.82) is 0 Å². The van der Waals surface area contributed by atoms with Gasteiger partial charge in [0.05, 0.1) is 32.7 Å². The van der Waals surface area contributed by atoms with Gasteiger partial charge >= 0.3 is 5.97 Å². The van der Waals surface area contributed by atoms with Gasteiger partial charge in [-0.3, -0.25) is 14.3 Å². The van der Waals surface area contributed by atoms with Crippen LogP contribution in [0.3, 0.4) is 0 Å². The topological polar surface area (TPSA) is 82.5 Å². The smallest absolute Gasteiger partial charge is 0.307 e. The van der Waals surface area contributed by atoms with Crippen LogP contribution in [0.5, 0.6) is 5.75 Å². The van der Waals surface area contributed by atoms with Crippen LogP contribution in [0.1, 0.15) is 22.3 Å². The highest BCUT2D eigenvalue weighted by molar-refractivity contribution is 6.00. The van der Waals surface area contributed by atoms with Crippen LogP contribution in [-0.4, -0.2) is 42.4 Å². The van der Waals surface area contributed by atoms with E-state index in [4.69, 9.17) is 4.74 Å². The van der Waals surface area contributed by atoms with Crippen molar-refractivity contribution in [2.24, 2.45) is 0 Å².